The van der Waals surface area contributed by atoms with E-state index in [0.29, 0.717) is 24.9 Å². The molecule has 4 rings (SSSR count). The number of carbonyl (C=O) groups is 1. The summed E-state index contributed by atoms with van der Waals surface area (Å²) in [7, 11) is 1.60. The molecular weight excluding hydrogens is 374 g/mol. The van der Waals surface area contributed by atoms with Gasteiger partial charge in [-0.15, -0.1) is 11.5 Å². The lowest BCUT2D eigenvalue weighted by Gasteiger charge is -2.40. The summed E-state index contributed by atoms with van der Waals surface area (Å²) in [5.74, 6) is 3.62. The van der Waals surface area contributed by atoms with E-state index < -0.39 is 0 Å². The third-order valence-corrected chi connectivity index (χ3v) is 5.95. The maximum absolute atomic E-state index is 13.2. The summed E-state index contributed by atoms with van der Waals surface area (Å²) < 4.78 is 5.29. The van der Waals surface area contributed by atoms with E-state index in [9.17, 15) is 4.79 Å². The average Bonchev–Trinajstić information content (AvgIpc) is 3.07. The van der Waals surface area contributed by atoms with Crippen LogP contribution >= 0.6 is 0 Å². The molecule has 30 heavy (non-hydrogen) atoms. The zero-order valence-electron chi connectivity index (χ0n) is 17.7. The van der Waals surface area contributed by atoms with Crippen molar-refractivity contribution < 1.29 is 9.53 Å². The van der Waals surface area contributed by atoms with Crippen molar-refractivity contribution >= 4 is 5.91 Å². The molecule has 2 heterocycles. The van der Waals surface area contributed by atoms with Crippen LogP contribution < -0.4 is 4.74 Å². The number of rotatable bonds is 4. The van der Waals surface area contributed by atoms with Crippen molar-refractivity contribution in [3.63, 3.8) is 0 Å². The second-order valence-corrected chi connectivity index (χ2v) is 7.89. The lowest BCUT2D eigenvalue weighted by atomic mass is 9.89. The van der Waals surface area contributed by atoms with Crippen LogP contribution in [0.5, 0.6) is 5.88 Å². The minimum Gasteiger partial charge on any atom is -0.480 e. The lowest BCUT2D eigenvalue weighted by Crippen LogP contribution is -2.48. The van der Waals surface area contributed by atoms with Gasteiger partial charge in [0.25, 0.3) is 5.91 Å². The highest BCUT2D eigenvalue weighted by atomic mass is 16.5. The molecule has 1 saturated heterocycles. The highest BCUT2D eigenvalue weighted by Gasteiger charge is 2.33. The quantitative estimate of drug-likeness (QED) is 0.668. The Balaban J connectivity index is 1.56. The highest BCUT2D eigenvalue weighted by Crippen LogP contribution is 2.33. The highest BCUT2D eigenvalue weighted by molar-refractivity contribution is 5.98. The summed E-state index contributed by atoms with van der Waals surface area (Å²) >= 11 is 0. The van der Waals surface area contributed by atoms with Crippen molar-refractivity contribution in [3.8, 4) is 29.5 Å². The number of amides is 1. The van der Waals surface area contributed by atoms with Gasteiger partial charge in [-0.25, -0.2) is 0 Å². The number of benzene rings is 2. The first-order chi connectivity index (χ1) is 14.4. The molecule has 1 aliphatic heterocycles. The van der Waals surface area contributed by atoms with E-state index in [1.165, 1.54) is 5.56 Å². The summed E-state index contributed by atoms with van der Waals surface area (Å²) in [6, 6.07) is 12.1. The second kappa shape index (κ2) is 7.72. The third kappa shape index (κ3) is 3.35. The van der Waals surface area contributed by atoms with Gasteiger partial charge >= 0.3 is 0 Å². The molecule has 5 nitrogen and oxygen atoms in total. The number of nitrogens with zero attached hydrogens (tertiary/aromatic N) is 2. The molecule has 0 bridgehead atoms. The molecule has 1 N–H and O–H groups in total. The molecule has 2 aromatic carbocycles. The third-order valence-electron chi connectivity index (χ3n) is 5.95. The molecule has 5 heteroatoms. The van der Waals surface area contributed by atoms with E-state index in [1.807, 2.05) is 43.9 Å². The molecular formula is C25H25N3O2. The number of hydrogen-bond donors (Lipinski definition) is 1. The van der Waals surface area contributed by atoms with E-state index in [-0.39, 0.29) is 5.91 Å². The van der Waals surface area contributed by atoms with Crippen molar-refractivity contribution in [3.05, 3.63) is 69.8 Å². The normalized spacial score (nSPS) is 13.6. The number of H-pyrrole nitrogens is 1. The van der Waals surface area contributed by atoms with Gasteiger partial charge in [0.1, 0.15) is 0 Å². The van der Waals surface area contributed by atoms with E-state index in [2.05, 4.69) is 34.3 Å². The Bertz CT molecular complexity index is 1150. The Kier molecular flexibility index (Phi) is 5.09. The lowest BCUT2D eigenvalue weighted by molar-refractivity contribution is 0.0601. The van der Waals surface area contributed by atoms with Crippen LogP contribution in [0.1, 0.15) is 44.1 Å². The first-order valence-electron chi connectivity index (χ1n) is 9.99. The van der Waals surface area contributed by atoms with E-state index in [0.717, 1.165) is 39.1 Å². The zero-order chi connectivity index (χ0) is 21.4. The van der Waals surface area contributed by atoms with Crippen molar-refractivity contribution in [2.45, 2.75) is 26.7 Å². The summed E-state index contributed by atoms with van der Waals surface area (Å²) in [6.45, 7) is 7.43. The van der Waals surface area contributed by atoms with Crippen molar-refractivity contribution in [1.29, 1.82) is 0 Å². The number of aromatic nitrogens is 2. The van der Waals surface area contributed by atoms with Gasteiger partial charge in [0, 0.05) is 41.3 Å². The molecule has 0 aliphatic carbocycles. The Morgan fingerprint density at radius 3 is 2.47 bits per heavy atom. The maximum atomic E-state index is 13.2. The van der Waals surface area contributed by atoms with Crippen LogP contribution in [-0.2, 0) is 0 Å². The molecule has 1 amide bonds. The summed E-state index contributed by atoms with van der Waals surface area (Å²) in [6.07, 6.45) is 5.43. The monoisotopic (exact) mass is 399 g/mol. The van der Waals surface area contributed by atoms with Gasteiger partial charge in [0.2, 0.25) is 5.88 Å². The standard InChI is InChI=1S/C25H25N3O2/c1-6-18-7-9-19(10-8-18)20-13-28(14-20)25(29)22-12-21(15(2)11-16(22)3)23-17(4)24(30-5)27-26-23/h1,7-12,20H,13-14H2,2-5H3,(H,26,27). The van der Waals surface area contributed by atoms with Crippen molar-refractivity contribution in [1.82, 2.24) is 15.1 Å². The predicted molar refractivity (Wildman–Crippen MR) is 118 cm³/mol. The fraction of sp³-hybridized carbons (Fsp3) is 0.280. The molecule has 1 fully saturated rings. The Morgan fingerprint density at radius 2 is 1.87 bits per heavy atom. The van der Waals surface area contributed by atoms with Gasteiger partial charge in [0.15, 0.2) is 0 Å². The number of likely N-dealkylation sites (tertiary alicyclic amines) is 1. The Hall–Kier alpha value is -3.52. The van der Waals surface area contributed by atoms with E-state index in [1.54, 1.807) is 7.11 Å². The zero-order valence-corrected chi connectivity index (χ0v) is 17.7. The van der Waals surface area contributed by atoms with E-state index >= 15 is 0 Å². The van der Waals surface area contributed by atoms with E-state index in [4.69, 9.17) is 11.2 Å². The molecule has 0 atom stereocenters. The van der Waals surface area contributed by atoms with Crippen LogP contribution in [0.2, 0.25) is 0 Å². The van der Waals surface area contributed by atoms with Gasteiger partial charge in [-0.1, -0.05) is 24.1 Å². The van der Waals surface area contributed by atoms with Crippen LogP contribution in [0.4, 0.5) is 0 Å². The minimum atomic E-state index is 0.0642. The number of aryl methyl sites for hydroxylation is 2. The number of nitrogens with one attached hydrogen (secondary N) is 1. The molecule has 3 aromatic rings. The van der Waals surface area contributed by atoms with Crippen molar-refractivity contribution in [2.75, 3.05) is 20.2 Å². The first-order valence-corrected chi connectivity index (χ1v) is 9.99. The number of ether oxygens (including phenoxy) is 1. The number of terminal acetylenes is 1. The van der Waals surface area contributed by atoms with Gasteiger partial charge in [0.05, 0.1) is 12.8 Å². The molecule has 0 spiro atoms. The van der Waals surface area contributed by atoms with Crippen LogP contribution in [0, 0.1) is 33.1 Å². The molecule has 1 aromatic heterocycles. The minimum absolute atomic E-state index is 0.0642. The summed E-state index contributed by atoms with van der Waals surface area (Å²) in [5, 5.41) is 7.26. The first kappa shape index (κ1) is 19.8. The molecule has 152 valence electrons. The van der Waals surface area contributed by atoms with Gasteiger partial charge in [-0.3, -0.25) is 9.89 Å². The Labute approximate surface area is 177 Å². The number of carbonyl (C=O) groups excluding carboxylic acids is 1. The molecule has 0 saturated carbocycles. The van der Waals surface area contributed by atoms with Crippen molar-refractivity contribution in [2.24, 2.45) is 0 Å². The average molecular weight is 399 g/mol. The topological polar surface area (TPSA) is 58.2 Å². The number of hydrogen-bond acceptors (Lipinski definition) is 3. The van der Waals surface area contributed by atoms with Crippen LogP contribution in [0.15, 0.2) is 36.4 Å². The fourth-order valence-electron chi connectivity index (χ4n) is 4.07. The van der Waals surface area contributed by atoms with Gasteiger partial charge in [-0.05, 0) is 55.7 Å². The molecule has 0 unspecified atom stereocenters. The SMILES string of the molecule is C#Cc1ccc(C2CN(C(=O)c3cc(-c4[nH]nc(OC)c4C)c(C)cc3C)C2)cc1. The van der Waals surface area contributed by atoms with Gasteiger partial charge < -0.3 is 9.64 Å². The summed E-state index contributed by atoms with van der Waals surface area (Å²) in [5.41, 5.74) is 7.68. The van der Waals surface area contributed by atoms with Crippen LogP contribution in [-0.4, -0.2) is 41.2 Å². The smallest absolute Gasteiger partial charge is 0.254 e. The van der Waals surface area contributed by atoms with Crippen LogP contribution in [0.25, 0.3) is 11.3 Å². The number of aromatic amines is 1. The number of methoxy groups -OCH3 is 1. The predicted octanol–water partition coefficient (Wildman–Crippen LogP) is 4.23. The molecule has 1 aliphatic rings. The summed E-state index contributed by atoms with van der Waals surface area (Å²) in [4.78, 5) is 15.1. The van der Waals surface area contributed by atoms with Crippen LogP contribution in [0.3, 0.4) is 0 Å². The van der Waals surface area contributed by atoms with Gasteiger partial charge in [-0.2, -0.15) is 0 Å². The fourth-order valence-corrected chi connectivity index (χ4v) is 4.07. The Morgan fingerprint density at radius 1 is 1.17 bits per heavy atom. The molecule has 0 radical (unpaired) electrons. The second-order valence-electron chi connectivity index (χ2n) is 7.89. The largest absolute Gasteiger partial charge is 0.480 e. The maximum Gasteiger partial charge on any atom is 0.254 e.